The Balaban J connectivity index is 1.39. The van der Waals surface area contributed by atoms with Crippen molar-refractivity contribution < 1.29 is 19.1 Å². The van der Waals surface area contributed by atoms with Crippen molar-refractivity contribution in [2.24, 2.45) is 0 Å². The average molecular weight is 492 g/mol. The number of aromatic amines is 1. The van der Waals surface area contributed by atoms with E-state index in [2.05, 4.69) is 15.3 Å². The maximum Gasteiger partial charge on any atom is 0.340 e. The van der Waals surface area contributed by atoms with Gasteiger partial charge in [-0.2, -0.15) is 0 Å². The molecule has 0 saturated carbocycles. The van der Waals surface area contributed by atoms with Gasteiger partial charge in [0.15, 0.2) is 0 Å². The molecule has 8 nitrogen and oxygen atoms in total. The number of carbonyl (C=O) groups is 2. The number of hydrogen-bond donors (Lipinski definition) is 2. The number of anilines is 1. The number of rotatable bonds is 8. The summed E-state index contributed by atoms with van der Waals surface area (Å²) in [6.07, 6.45) is 0.772. The van der Waals surface area contributed by atoms with Crippen LogP contribution in [0.1, 0.15) is 28.2 Å². The standard InChI is InChI=1S/C26H22ClN3O5/c1-34-18-10-6-16(7-11-18)8-13-24(31)29-21-5-3-2-4-20(21)26(33)35-15-23-28-22-14-17(27)9-12-19(22)25(32)30-23/h2-7,9-12,14H,8,13,15H2,1H3,(H,29,31)(H,28,30,32). The van der Waals surface area contributed by atoms with Crippen molar-refractivity contribution in [3.63, 3.8) is 0 Å². The Morgan fingerprint density at radius 3 is 2.60 bits per heavy atom. The zero-order valence-electron chi connectivity index (χ0n) is 18.8. The molecule has 0 fully saturated rings. The van der Waals surface area contributed by atoms with Crippen molar-refractivity contribution in [3.05, 3.63) is 99.1 Å². The molecule has 1 amide bonds. The SMILES string of the molecule is COc1ccc(CCC(=O)Nc2ccccc2C(=O)OCc2nc3cc(Cl)ccc3c(=O)[nH]2)cc1. The molecule has 178 valence electrons. The molecular weight excluding hydrogens is 470 g/mol. The Labute approximate surface area is 205 Å². The van der Waals surface area contributed by atoms with E-state index in [0.717, 1.165) is 11.3 Å². The molecule has 0 bridgehead atoms. The summed E-state index contributed by atoms with van der Waals surface area (Å²) in [5.74, 6) is 0.0277. The summed E-state index contributed by atoms with van der Waals surface area (Å²) in [6, 6.07) is 18.8. The number of aromatic nitrogens is 2. The Bertz CT molecular complexity index is 1430. The van der Waals surface area contributed by atoms with Crippen molar-refractivity contribution in [1.29, 1.82) is 0 Å². The second-order valence-electron chi connectivity index (χ2n) is 7.69. The van der Waals surface area contributed by atoms with Gasteiger partial charge in [0.25, 0.3) is 5.56 Å². The number of nitrogens with one attached hydrogen (secondary N) is 2. The fourth-order valence-electron chi connectivity index (χ4n) is 3.47. The highest BCUT2D eigenvalue weighted by molar-refractivity contribution is 6.31. The predicted molar refractivity (Wildman–Crippen MR) is 133 cm³/mol. The lowest BCUT2D eigenvalue weighted by atomic mass is 10.1. The molecule has 3 aromatic carbocycles. The van der Waals surface area contributed by atoms with Crippen LogP contribution in [0.15, 0.2) is 71.5 Å². The van der Waals surface area contributed by atoms with Gasteiger partial charge in [-0.1, -0.05) is 35.9 Å². The van der Waals surface area contributed by atoms with Crippen LogP contribution in [0.4, 0.5) is 5.69 Å². The van der Waals surface area contributed by atoms with Crippen molar-refractivity contribution in [1.82, 2.24) is 9.97 Å². The molecule has 0 spiro atoms. The Morgan fingerprint density at radius 1 is 1.06 bits per heavy atom. The minimum Gasteiger partial charge on any atom is -0.497 e. The molecule has 0 aliphatic rings. The number of amides is 1. The summed E-state index contributed by atoms with van der Waals surface area (Å²) in [5, 5.41) is 3.59. The van der Waals surface area contributed by atoms with E-state index in [-0.39, 0.29) is 35.9 Å². The van der Waals surface area contributed by atoms with Gasteiger partial charge >= 0.3 is 5.97 Å². The molecule has 0 aliphatic heterocycles. The van der Waals surface area contributed by atoms with E-state index in [9.17, 15) is 14.4 Å². The third kappa shape index (κ3) is 6.04. The molecule has 9 heteroatoms. The molecule has 0 atom stereocenters. The topological polar surface area (TPSA) is 110 Å². The van der Waals surface area contributed by atoms with Crippen LogP contribution in [-0.4, -0.2) is 29.0 Å². The van der Waals surface area contributed by atoms with Crippen LogP contribution in [0.5, 0.6) is 5.75 Å². The molecule has 0 saturated heterocycles. The molecular formula is C26H22ClN3O5. The molecule has 4 rings (SSSR count). The van der Waals surface area contributed by atoms with Crippen LogP contribution in [0.3, 0.4) is 0 Å². The van der Waals surface area contributed by atoms with E-state index >= 15 is 0 Å². The van der Waals surface area contributed by atoms with Crippen LogP contribution in [-0.2, 0) is 22.6 Å². The third-order valence-electron chi connectivity index (χ3n) is 5.28. The number of aryl methyl sites for hydroxylation is 1. The van der Waals surface area contributed by atoms with Crippen molar-refractivity contribution >= 4 is 40.1 Å². The summed E-state index contributed by atoms with van der Waals surface area (Å²) < 4.78 is 10.5. The van der Waals surface area contributed by atoms with Gasteiger partial charge in [-0.05, 0) is 54.4 Å². The average Bonchev–Trinajstić information content (AvgIpc) is 2.86. The molecule has 0 aliphatic carbocycles. The zero-order chi connectivity index (χ0) is 24.8. The first kappa shape index (κ1) is 24.0. The van der Waals surface area contributed by atoms with E-state index in [4.69, 9.17) is 21.1 Å². The quantitative estimate of drug-likeness (QED) is 0.351. The lowest BCUT2D eigenvalue weighted by molar-refractivity contribution is -0.116. The van der Waals surface area contributed by atoms with Crippen LogP contribution in [0.25, 0.3) is 10.9 Å². The monoisotopic (exact) mass is 491 g/mol. The number of fused-ring (bicyclic) bond motifs is 1. The van der Waals surface area contributed by atoms with Crippen molar-refractivity contribution in [3.8, 4) is 5.75 Å². The maximum atomic E-state index is 12.7. The first-order chi connectivity index (χ1) is 16.9. The van der Waals surface area contributed by atoms with Gasteiger partial charge in [0, 0.05) is 11.4 Å². The van der Waals surface area contributed by atoms with Crippen LogP contribution >= 0.6 is 11.6 Å². The number of H-pyrrole nitrogens is 1. The third-order valence-corrected chi connectivity index (χ3v) is 5.51. The molecule has 0 radical (unpaired) electrons. The van der Waals surface area contributed by atoms with Gasteiger partial charge in [0.1, 0.15) is 18.2 Å². The lowest BCUT2D eigenvalue weighted by Crippen LogP contribution is -2.17. The number of esters is 1. The van der Waals surface area contributed by atoms with E-state index in [1.807, 2.05) is 24.3 Å². The lowest BCUT2D eigenvalue weighted by Gasteiger charge is -2.11. The summed E-state index contributed by atoms with van der Waals surface area (Å²) >= 11 is 5.98. The number of carbonyl (C=O) groups excluding carboxylic acids is 2. The largest absolute Gasteiger partial charge is 0.497 e. The molecule has 2 N–H and O–H groups in total. The van der Waals surface area contributed by atoms with Gasteiger partial charge in [-0.15, -0.1) is 0 Å². The van der Waals surface area contributed by atoms with E-state index in [0.29, 0.717) is 28.0 Å². The number of halogens is 1. The minimum absolute atomic E-state index is 0.180. The zero-order valence-corrected chi connectivity index (χ0v) is 19.6. The molecule has 0 unspecified atom stereocenters. The minimum atomic E-state index is -0.662. The Hall–Kier alpha value is -4.17. The van der Waals surface area contributed by atoms with E-state index < -0.39 is 5.97 Å². The van der Waals surface area contributed by atoms with Crippen LogP contribution < -0.4 is 15.6 Å². The van der Waals surface area contributed by atoms with Crippen molar-refractivity contribution in [2.45, 2.75) is 19.4 Å². The van der Waals surface area contributed by atoms with E-state index in [1.54, 1.807) is 49.6 Å². The summed E-state index contributed by atoms with van der Waals surface area (Å²) in [5.41, 5.74) is 1.56. The van der Waals surface area contributed by atoms with Crippen molar-refractivity contribution in [2.75, 3.05) is 12.4 Å². The predicted octanol–water partition coefficient (Wildman–Crippen LogP) is 4.51. The number of methoxy groups -OCH3 is 1. The normalized spacial score (nSPS) is 10.7. The van der Waals surface area contributed by atoms with Crippen LogP contribution in [0, 0.1) is 0 Å². The number of hydrogen-bond acceptors (Lipinski definition) is 6. The smallest absolute Gasteiger partial charge is 0.340 e. The number of para-hydroxylation sites is 1. The second kappa shape index (κ2) is 10.8. The van der Waals surface area contributed by atoms with Gasteiger partial charge in [0.05, 0.1) is 29.3 Å². The van der Waals surface area contributed by atoms with Gasteiger partial charge in [-0.3, -0.25) is 9.59 Å². The molecule has 35 heavy (non-hydrogen) atoms. The summed E-state index contributed by atoms with van der Waals surface area (Å²) in [4.78, 5) is 44.4. The fourth-order valence-corrected chi connectivity index (χ4v) is 3.64. The molecule has 4 aromatic rings. The summed E-state index contributed by atoms with van der Waals surface area (Å²) in [7, 11) is 1.60. The van der Waals surface area contributed by atoms with Gasteiger partial charge in [-0.25, -0.2) is 9.78 Å². The first-order valence-corrected chi connectivity index (χ1v) is 11.2. The number of ether oxygens (including phenoxy) is 2. The number of nitrogens with zero attached hydrogens (tertiary/aromatic N) is 1. The van der Waals surface area contributed by atoms with E-state index in [1.165, 1.54) is 0 Å². The first-order valence-electron chi connectivity index (χ1n) is 10.8. The fraction of sp³-hybridized carbons (Fsp3) is 0.154. The van der Waals surface area contributed by atoms with Crippen LogP contribution in [0.2, 0.25) is 5.02 Å². The highest BCUT2D eigenvalue weighted by Crippen LogP contribution is 2.19. The highest BCUT2D eigenvalue weighted by atomic mass is 35.5. The highest BCUT2D eigenvalue weighted by Gasteiger charge is 2.16. The number of benzene rings is 3. The van der Waals surface area contributed by atoms with Gasteiger partial charge < -0.3 is 19.8 Å². The van der Waals surface area contributed by atoms with Gasteiger partial charge in [0.2, 0.25) is 5.91 Å². The molecule has 1 aromatic heterocycles. The summed E-state index contributed by atoms with van der Waals surface area (Å²) in [6.45, 7) is -0.254. The Morgan fingerprint density at radius 2 is 1.83 bits per heavy atom. The second-order valence-corrected chi connectivity index (χ2v) is 8.13. The molecule has 1 heterocycles. The Kier molecular flexibility index (Phi) is 7.42. The maximum absolute atomic E-state index is 12.7.